The number of hydrogen-bond donors (Lipinski definition) is 1. The van der Waals surface area contributed by atoms with Gasteiger partial charge in [-0.3, -0.25) is 9.36 Å². The Hall–Kier alpha value is -3.49. The Morgan fingerprint density at radius 2 is 1.76 bits per heavy atom. The van der Waals surface area contributed by atoms with Crippen LogP contribution in [0.25, 0.3) is 27.3 Å². The van der Waals surface area contributed by atoms with Crippen LogP contribution >= 0.6 is 23.1 Å². The van der Waals surface area contributed by atoms with Gasteiger partial charge in [0, 0.05) is 5.56 Å². The normalized spacial score (nSPS) is 11.1. The lowest BCUT2D eigenvalue weighted by Crippen LogP contribution is -2.24. The smallest absolute Gasteiger partial charge is 0.230 e. The first kappa shape index (κ1) is 22.3. The molecule has 0 aliphatic carbocycles. The molecular weight excluding hydrogens is 462 g/mol. The van der Waals surface area contributed by atoms with E-state index in [1.54, 1.807) is 11.3 Å². The lowest BCUT2D eigenvalue weighted by Gasteiger charge is -2.12. The van der Waals surface area contributed by atoms with Crippen LogP contribution in [-0.2, 0) is 11.3 Å². The molecular formula is C26H23N5OS2. The van der Waals surface area contributed by atoms with Crippen molar-refractivity contribution in [2.75, 3.05) is 5.75 Å². The summed E-state index contributed by atoms with van der Waals surface area (Å²) in [5.74, 6) is 0.921. The molecule has 170 valence electrons. The molecule has 0 fully saturated rings. The molecule has 5 aromatic rings. The maximum Gasteiger partial charge on any atom is 0.230 e. The summed E-state index contributed by atoms with van der Waals surface area (Å²) in [7, 11) is 0. The predicted octanol–water partition coefficient (Wildman–Crippen LogP) is 5.57. The molecule has 0 saturated heterocycles. The molecule has 0 atom stereocenters. The number of carbonyl (C=O) groups excluding carboxylic acids is 1. The van der Waals surface area contributed by atoms with Gasteiger partial charge in [-0.1, -0.05) is 60.3 Å². The second kappa shape index (κ2) is 9.79. The van der Waals surface area contributed by atoms with E-state index in [1.807, 2.05) is 59.2 Å². The number of aryl methyl sites for hydroxylation is 2. The van der Waals surface area contributed by atoms with Crippen molar-refractivity contribution in [1.29, 1.82) is 0 Å². The number of thiazole rings is 1. The fraction of sp³-hybridized carbons (Fsp3) is 0.154. The van der Waals surface area contributed by atoms with Crippen LogP contribution in [0.2, 0.25) is 0 Å². The molecule has 0 radical (unpaired) electrons. The molecule has 2 heterocycles. The second-order valence-corrected chi connectivity index (χ2v) is 9.97. The minimum absolute atomic E-state index is 0.0693. The van der Waals surface area contributed by atoms with Gasteiger partial charge >= 0.3 is 0 Å². The number of amides is 1. The van der Waals surface area contributed by atoms with E-state index < -0.39 is 0 Å². The topological polar surface area (TPSA) is 72.7 Å². The lowest BCUT2D eigenvalue weighted by molar-refractivity contribution is -0.118. The Morgan fingerprint density at radius 3 is 2.56 bits per heavy atom. The third-order valence-corrected chi connectivity index (χ3v) is 7.49. The molecule has 34 heavy (non-hydrogen) atoms. The van der Waals surface area contributed by atoms with Crippen LogP contribution in [0.15, 0.2) is 78.0 Å². The number of nitrogens with zero attached hydrogens (tertiary/aromatic N) is 4. The molecule has 5 rings (SSSR count). The Morgan fingerprint density at radius 1 is 0.971 bits per heavy atom. The standard InChI is InChI=1S/C26H23N5OS2/c1-17-12-13-20(14-18(17)2)31-25(19-8-4-3-5-9-19)29-30-26(31)33-16-23(32)27-15-24-28-21-10-6-7-11-22(21)34-24/h3-14H,15-16H2,1-2H3,(H,27,32). The molecule has 0 aliphatic rings. The van der Waals surface area contributed by atoms with Gasteiger partial charge < -0.3 is 5.32 Å². The highest BCUT2D eigenvalue weighted by molar-refractivity contribution is 7.99. The largest absolute Gasteiger partial charge is 0.349 e. The first-order valence-electron chi connectivity index (χ1n) is 10.9. The number of rotatable bonds is 7. The van der Waals surface area contributed by atoms with E-state index in [2.05, 4.69) is 52.5 Å². The van der Waals surface area contributed by atoms with Crippen molar-refractivity contribution in [1.82, 2.24) is 25.1 Å². The summed E-state index contributed by atoms with van der Waals surface area (Å²) in [6.07, 6.45) is 0. The first-order chi connectivity index (χ1) is 16.6. The highest BCUT2D eigenvalue weighted by atomic mass is 32.2. The van der Waals surface area contributed by atoms with Crippen LogP contribution in [0.5, 0.6) is 0 Å². The van der Waals surface area contributed by atoms with Gasteiger partial charge in [0.25, 0.3) is 0 Å². The van der Waals surface area contributed by atoms with Crippen molar-refractivity contribution < 1.29 is 4.79 Å². The minimum atomic E-state index is -0.0693. The van der Waals surface area contributed by atoms with E-state index in [-0.39, 0.29) is 11.7 Å². The highest BCUT2D eigenvalue weighted by Gasteiger charge is 2.18. The first-order valence-corrected chi connectivity index (χ1v) is 12.7. The summed E-state index contributed by atoms with van der Waals surface area (Å²) >= 11 is 2.97. The Bertz CT molecular complexity index is 1430. The van der Waals surface area contributed by atoms with Gasteiger partial charge in [-0.15, -0.1) is 21.5 Å². The summed E-state index contributed by atoms with van der Waals surface area (Å²) < 4.78 is 3.14. The van der Waals surface area contributed by atoms with E-state index in [9.17, 15) is 4.79 Å². The molecule has 0 saturated carbocycles. The van der Waals surface area contributed by atoms with Crippen molar-refractivity contribution in [2.45, 2.75) is 25.5 Å². The number of carbonyl (C=O) groups is 1. The van der Waals surface area contributed by atoms with Crippen LogP contribution in [0.1, 0.15) is 16.1 Å². The average molecular weight is 486 g/mol. The zero-order chi connectivity index (χ0) is 23.5. The second-order valence-electron chi connectivity index (χ2n) is 7.92. The third kappa shape index (κ3) is 4.73. The monoisotopic (exact) mass is 485 g/mol. The highest BCUT2D eigenvalue weighted by Crippen LogP contribution is 2.29. The number of nitrogens with one attached hydrogen (secondary N) is 1. The molecule has 1 N–H and O–H groups in total. The van der Waals surface area contributed by atoms with Crippen LogP contribution in [0.4, 0.5) is 0 Å². The zero-order valence-electron chi connectivity index (χ0n) is 18.9. The molecule has 2 aromatic heterocycles. The molecule has 0 unspecified atom stereocenters. The third-order valence-electron chi connectivity index (χ3n) is 5.52. The van der Waals surface area contributed by atoms with E-state index in [4.69, 9.17) is 0 Å². The van der Waals surface area contributed by atoms with Crippen LogP contribution in [0.3, 0.4) is 0 Å². The van der Waals surface area contributed by atoms with Crippen LogP contribution in [0, 0.1) is 13.8 Å². The number of thioether (sulfide) groups is 1. The SMILES string of the molecule is Cc1ccc(-n2c(SCC(=O)NCc3nc4ccccc4s3)nnc2-c2ccccc2)cc1C. The molecule has 1 amide bonds. The summed E-state index contributed by atoms with van der Waals surface area (Å²) in [6, 6.07) is 24.2. The Balaban J connectivity index is 1.34. The molecule has 6 nitrogen and oxygen atoms in total. The summed E-state index contributed by atoms with van der Waals surface area (Å²) in [6.45, 7) is 4.60. The van der Waals surface area contributed by atoms with E-state index >= 15 is 0 Å². The van der Waals surface area contributed by atoms with Crippen molar-refractivity contribution in [2.24, 2.45) is 0 Å². The van der Waals surface area contributed by atoms with Gasteiger partial charge in [0.15, 0.2) is 11.0 Å². The quantitative estimate of drug-likeness (QED) is 0.305. The van der Waals surface area contributed by atoms with Gasteiger partial charge in [-0.25, -0.2) is 4.98 Å². The van der Waals surface area contributed by atoms with Crippen LogP contribution < -0.4 is 5.32 Å². The molecule has 8 heteroatoms. The fourth-order valence-corrected chi connectivity index (χ4v) is 5.27. The summed E-state index contributed by atoms with van der Waals surface area (Å²) in [4.78, 5) is 17.2. The lowest BCUT2D eigenvalue weighted by atomic mass is 10.1. The van der Waals surface area contributed by atoms with Gasteiger partial charge in [-0.2, -0.15) is 0 Å². The summed E-state index contributed by atoms with van der Waals surface area (Å²) in [5.41, 5.74) is 5.32. The maximum atomic E-state index is 12.6. The number of hydrogen-bond acceptors (Lipinski definition) is 6. The maximum absolute atomic E-state index is 12.6. The van der Waals surface area contributed by atoms with Gasteiger partial charge in [0.2, 0.25) is 5.91 Å². The van der Waals surface area contributed by atoms with E-state index in [0.29, 0.717) is 11.7 Å². The molecule has 0 spiro atoms. The van der Waals surface area contributed by atoms with Gasteiger partial charge in [0.05, 0.1) is 28.2 Å². The summed E-state index contributed by atoms with van der Waals surface area (Å²) in [5, 5.41) is 13.4. The zero-order valence-corrected chi connectivity index (χ0v) is 20.5. The van der Waals surface area contributed by atoms with Gasteiger partial charge in [-0.05, 0) is 49.2 Å². The van der Waals surface area contributed by atoms with E-state index in [1.165, 1.54) is 22.9 Å². The predicted molar refractivity (Wildman–Crippen MR) is 138 cm³/mol. The van der Waals surface area contributed by atoms with Crippen LogP contribution in [-0.4, -0.2) is 31.4 Å². The number of aromatic nitrogens is 4. The van der Waals surface area contributed by atoms with Crippen molar-refractivity contribution >= 4 is 39.2 Å². The number of para-hydroxylation sites is 1. The minimum Gasteiger partial charge on any atom is -0.349 e. The average Bonchev–Trinajstić information content (AvgIpc) is 3.47. The molecule has 0 bridgehead atoms. The number of fused-ring (bicyclic) bond motifs is 1. The fourth-order valence-electron chi connectivity index (χ4n) is 3.59. The number of benzene rings is 3. The molecule has 3 aromatic carbocycles. The Labute approximate surface area is 206 Å². The van der Waals surface area contributed by atoms with Gasteiger partial charge in [0.1, 0.15) is 5.01 Å². The van der Waals surface area contributed by atoms with Crippen molar-refractivity contribution in [3.05, 3.63) is 88.9 Å². The van der Waals surface area contributed by atoms with Crippen molar-refractivity contribution in [3.8, 4) is 17.1 Å². The Kier molecular flexibility index (Phi) is 6.42. The molecule has 0 aliphatic heterocycles. The van der Waals surface area contributed by atoms with Crippen molar-refractivity contribution in [3.63, 3.8) is 0 Å². The van der Waals surface area contributed by atoms with E-state index in [0.717, 1.165) is 32.3 Å².